The molecule has 108 valence electrons. The molecule has 0 spiro atoms. The number of methoxy groups -OCH3 is 3. The number of anilines is 1. The normalized spacial score (nSPS) is 10.9. The summed E-state index contributed by atoms with van der Waals surface area (Å²) in [5.41, 5.74) is 2.14. The molecule has 1 rings (SSSR count). The van der Waals surface area contributed by atoms with Gasteiger partial charge in [-0.1, -0.05) is 12.1 Å². The standard InChI is InChI=1S/C14H23NO4/c1-16-7-8-19-11-12-5-4-6-13(9-12)15-10-14(17-2)18-3/h4-6,9,14-15H,7-8,10-11H2,1-3H3. The topological polar surface area (TPSA) is 49.0 Å². The maximum Gasteiger partial charge on any atom is 0.173 e. The maximum atomic E-state index is 5.48. The predicted molar refractivity (Wildman–Crippen MR) is 74.3 cm³/mol. The fraction of sp³-hybridized carbons (Fsp3) is 0.571. The zero-order valence-electron chi connectivity index (χ0n) is 11.8. The lowest BCUT2D eigenvalue weighted by atomic mass is 10.2. The van der Waals surface area contributed by atoms with Crippen molar-refractivity contribution in [3.8, 4) is 0 Å². The van der Waals surface area contributed by atoms with Gasteiger partial charge in [-0.3, -0.25) is 0 Å². The molecule has 1 aromatic carbocycles. The molecule has 0 aliphatic carbocycles. The SMILES string of the molecule is COCCOCc1cccc(NCC(OC)OC)c1. The highest BCUT2D eigenvalue weighted by Gasteiger charge is 2.04. The Morgan fingerprint density at radius 1 is 1.11 bits per heavy atom. The van der Waals surface area contributed by atoms with Crippen molar-refractivity contribution >= 4 is 5.69 Å². The van der Waals surface area contributed by atoms with Gasteiger partial charge in [-0.25, -0.2) is 0 Å². The van der Waals surface area contributed by atoms with Gasteiger partial charge in [0.05, 0.1) is 26.4 Å². The molecule has 0 atom stereocenters. The quantitative estimate of drug-likeness (QED) is 0.519. The Morgan fingerprint density at radius 2 is 1.89 bits per heavy atom. The molecule has 0 saturated carbocycles. The average molecular weight is 269 g/mol. The van der Waals surface area contributed by atoms with E-state index in [-0.39, 0.29) is 6.29 Å². The minimum absolute atomic E-state index is 0.249. The lowest BCUT2D eigenvalue weighted by Gasteiger charge is -2.15. The monoisotopic (exact) mass is 269 g/mol. The van der Waals surface area contributed by atoms with Crippen molar-refractivity contribution in [2.75, 3.05) is 46.4 Å². The molecule has 19 heavy (non-hydrogen) atoms. The lowest BCUT2D eigenvalue weighted by Crippen LogP contribution is -2.23. The van der Waals surface area contributed by atoms with Gasteiger partial charge in [0.1, 0.15) is 0 Å². The molecule has 5 nitrogen and oxygen atoms in total. The summed E-state index contributed by atoms with van der Waals surface area (Å²) in [6.07, 6.45) is -0.249. The third-order valence-electron chi connectivity index (χ3n) is 2.63. The molecule has 0 amide bonds. The Labute approximate surface area is 114 Å². The molecule has 1 N–H and O–H groups in total. The minimum atomic E-state index is -0.249. The largest absolute Gasteiger partial charge is 0.382 e. The van der Waals surface area contributed by atoms with Gasteiger partial charge in [-0.2, -0.15) is 0 Å². The number of rotatable bonds is 10. The molecule has 0 aliphatic heterocycles. The van der Waals surface area contributed by atoms with Crippen LogP contribution in [0.2, 0.25) is 0 Å². The average Bonchev–Trinajstić information content (AvgIpc) is 2.45. The molecule has 1 aromatic rings. The van der Waals surface area contributed by atoms with Crippen molar-refractivity contribution in [2.24, 2.45) is 0 Å². The summed E-state index contributed by atoms with van der Waals surface area (Å²) in [5.74, 6) is 0. The molecule has 5 heteroatoms. The molecular formula is C14H23NO4. The summed E-state index contributed by atoms with van der Waals surface area (Å²) in [6, 6.07) is 8.07. The first-order chi connectivity index (χ1) is 9.30. The van der Waals surface area contributed by atoms with Crippen LogP contribution in [-0.4, -0.2) is 47.4 Å². The van der Waals surface area contributed by atoms with E-state index in [1.165, 1.54) is 0 Å². The van der Waals surface area contributed by atoms with Crippen molar-refractivity contribution in [3.63, 3.8) is 0 Å². The number of nitrogens with one attached hydrogen (secondary N) is 1. The van der Waals surface area contributed by atoms with Crippen LogP contribution >= 0.6 is 0 Å². The summed E-state index contributed by atoms with van der Waals surface area (Å²) in [4.78, 5) is 0. The van der Waals surface area contributed by atoms with E-state index in [9.17, 15) is 0 Å². The van der Waals surface area contributed by atoms with Crippen molar-refractivity contribution < 1.29 is 18.9 Å². The zero-order valence-corrected chi connectivity index (χ0v) is 11.8. The smallest absolute Gasteiger partial charge is 0.173 e. The van der Waals surface area contributed by atoms with Gasteiger partial charge in [-0.15, -0.1) is 0 Å². The third kappa shape index (κ3) is 6.54. The van der Waals surface area contributed by atoms with Crippen LogP contribution in [0.25, 0.3) is 0 Å². The first-order valence-corrected chi connectivity index (χ1v) is 6.25. The van der Waals surface area contributed by atoms with E-state index in [0.717, 1.165) is 11.3 Å². The molecule has 0 aliphatic rings. The maximum absolute atomic E-state index is 5.48. The molecule has 0 saturated heterocycles. The molecule has 0 unspecified atom stereocenters. The zero-order chi connectivity index (χ0) is 13.9. The number of hydrogen-bond acceptors (Lipinski definition) is 5. The second-order valence-corrected chi connectivity index (χ2v) is 4.03. The molecule has 0 heterocycles. The van der Waals surface area contributed by atoms with Crippen molar-refractivity contribution in [2.45, 2.75) is 12.9 Å². The second kappa shape index (κ2) is 9.75. The van der Waals surface area contributed by atoms with Crippen molar-refractivity contribution in [1.29, 1.82) is 0 Å². The molecular weight excluding hydrogens is 246 g/mol. The van der Waals surface area contributed by atoms with Crippen LogP contribution in [0.1, 0.15) is 5.56 Å². The van der Waals surface area contributed by atoms with Gasteiger partial charge in [0, 0.05) is 27.0 Å². The summed E-state index contributed by atoms with van der Waals surface area (Å²) in [6.45, 7) is 2.39. The van der Waals surface area contributed by atoms with E-state index >= 15 is 0 Å². The van der Waals surface area contributed by atoms with Crippen molar-refractivity contribution in [3.05, 3.63) is 29.8 Å². The predicted octanol–water partition coefficient (Wildman–Crippen LogP) is 1.88. The van der Waals surface area contributed by atoms with Crippen LogP contribution in [0.5, 0.6) is 0 Å². The van der Waals surface area contributed by atoms with E-state index in [1.54, 1.807) is 21.3 Å². The second-order valence-electron chi connectivity index (χ2n) is 4.03. The Bertz CT molecular complexity index is 342. The van der Waals surface area contributed by atoms with Crippen LogP contribution < -0.4 is 5.32 Å². The summed E-state index contributed by atoms with van der Waals surface area (Å²) >= 11 is 0. The molecule has 0 radical (unpaired) electrons. The van der Waals surface area contributed by atoms with Crippen LogP contribution in [0.15, 0.2) is 24.3 Å². The number of hydrogen-bond donors (Lipinski definition) is 1. The summed E-state index contributed by atoms with van der Waals surface area (Å²) in [5, 5.41) is 3.26. The molecule has 0 fully saturated rings. The van der Waals surface area contributed by atoms with E-state index in [4.69, 9.17) is 18.9 Å². The third-order valence-corrected chi connectivity index (χ3v) is 2.63. The number of benzene rings is 1. The fourth-order valence-electron chi connectivity index (χ4n) is 1.57. The van der Waals surface area contributed by atoms with E-state index in [2.05, 4.69) is 11.4 Å². The van der Waals surface area contributed by atoms with Gasteiger partial charge in [0.25, 0.3) is 0 Å². The molecule has 0 bridgehead atoms. The van der Waals surface area contributed by atoms with Crippen LogP contribution in [0.3, 0.4) is 0 Å². The minimum Gasteiger partial charge on any atom is -0.382 e. The Morgan fingerprint density at radius 3 is 2.58 bits per heavy atom. The number of ether oxygens (including phenoxy) is 4. The van der Waals surface area contributed by atoms with E-state index in [0.29, 0.717) is 26.4 Å². The highest BCUT2D eigenvalue weighted by Crippen LogP contribution is 2.12. The summed E-state index contributed by atoms with van der Waals surface area (Å²) in [7, 11) is 4.90. The van der Waals surface area contributed by atoms with Gasteiger partial charge in [0.15, 0.2) is 6.29 Å². The van der Waals surface area contributed by atoms with Crippen LogP contribution in [0.4, 0.5) is 5.69 Å². The van der Waals surface area contributed by atoms with Crippen LogP contribution in [0, 0.1) is 0 Å². The Balaban J connectivity index is 2.38. The highest BCUT2D eigenvalue weighted by molar-refractivity contribution is 5.45. The fourth-order valence-corrected chi connectivity index (χ4v) is 1.57. The Kier molecular flexibility index (Phi) is 8.16. The first-order valence-electron chi connectivity index (χ1n) is 6.25. The lowest BCUT2D eigenvalue weighted by molar-refractivity contribution is -0.0914. The molecule has 0 aromatic heterocycles. The van der Waals surface area contributed by atoms with Gasteiger partial charge >= 0.3 is 0 Å². The van der Waals surface area contributed by atoms with Crippen LogP contribution in [-0.2, 0) is 25.6 Å². The van der Waals surface area contributed by atoms with Gasteiger partial charge in [-0.05, 0) is 17.7 Å². The van der Waals surface area contributed by atoms with Gasteiger partial charge in [0.2, 0.25) is 0 Å². The van der Waals surface area contributed by atoms with Gasteiger partial charge < -0.3 is 24.3 Å². The Hall–Kier alpha value is -1.14. The van der Waals surface area contributed by atoms with E-state index < -0.39 is 0 Å². The van der Waals surface area contributed by atoms with E-state index in [1.807, 2.05) is 18.2 Å². The highest BCUT2D eigenvalue weighted by atomic mass is 16.7. The summed E-state index contributed by atoms with van der Waals surface area (Å²) < 4.78 is 20.6. The first kappa shape index (κ1) is 15.9. The van der Waals surface area contributed by atoms with Crippen molar-refractivity contribution in [1.82, 2.24) is 0 Å².